The van der Waals surface area contributed by atoms with E-state index in [9.17, 15) is 13.2 Å². The van der Waals surface area contributed by atoms with E-state index in [1.165, 1.54) is 0 Å². The second kappa shape index (κ2) is 3.33. The zero-order valence-electron chi connectivity index (χ0n) is 8.06. The Morgan fingerprint density at radius 1 is 1.33 bits per heavy atom. The molecule has 0 spiro atoms. The van der Waals surface area contributed by atoms with E-state index < -0.39 is 11.0 Å². The van der Waals surface area contributed by atoms with Gasteiger partial charge >= 0.3 is 6.18 Å². The SMILES string of the molecule is CCC1(C(F)(F)F)Nc2ccccc2S1. The average molecular weight is 233 g/mol. The molecular formula is C10H10F3NS. The maximum atomic E-state index is 12.9. The Morgan fingerprint density at radius 3 is 2.53 bits per heavy atom. The van der Waals surface area contributed by atoms with Crippen LogP contribution in [-0.4, -0.2) is 11.0 Å². The van der Waals surface area contributed by atoms with E-state index >= 15 is 0 Å². The first kappa shape index (κ1) is 10.7. The van der Waals surface area contributed by atoms with Gasteiger partial charge in [0.2, 0.25) is 0 Å². The van der Waals surface area contributed by atoms with Gasteiger partial charge in [-0.05, 0) is 18.6 Å². The Kier molecular flexibility index (Phi) is 2.37. The smallest absolute Gasteiger partial charge is 0.362 e. The number of thioether (sulfide) groups is 1. The van der Waals surface area contributed by atoms with Gasteiger partial charge in [-0.2, -0.15) is 13.2 Å². The Hall–Kier alpha value is -0.840. The van der Waals surface area contributed by atoms with Crippen LogP contribution in [-0.2, 0) is 0 Å². The van der Waals surface area contributed by atoms with Gasteiger partial charge in [0.25, 0.3) is 0 Å². The van der Waals surface area contributed by atoms with Crippen LogP contribution in [0.2, 0.25) is 0 Å². The van der Waals surface area contributed by atoms with Crippen LogP contribution in [0.15, 0.2) is 29.2 Å². The van der Waals surface area contributed by atoms with Gasteiger partial charge in [0.05, 0.1) is 0 Å². The summed E-state index contributed by atoms with van der Waals surface area (Å²) in [6.45, 7) is 1.54. The maximum absolute atomic E-state index is 12.9. The van der Waals surface area contributed by atoms with E-state index in [0.29, 0.717) is 10.6 Å². The minimum absolute atomic E-state index is 0.00977. The molecule has 82 valence electrons. The van der Waals surface area contributed by atoms with Crippen LogP contribution in [0.25, 0.3) is 0 Å². The number of nitrogens with one attached hydrogen (secondary N) is 1. The lowest BCUT2D eigenvalue weighted by Crippen LogP contribution is -2.46. The fourth-order valence-electron chi connectivity index (χ4n) is 1.58. The van der Waals surface area contributed by atoms with E-state index in [1.807, 2.05) is 0 Å². The molecule has 5 heteroatoms. The van der Waals surface area contributed by atoms with E-state index in [2.05, 4.69) is 5.32 Å². The number of anilines is 1. The van der Waals surface area contributed by atoms with Crippen LogP contribution in [0.4, 0.5) is 18.9 Å². The lowest BCUT2D eigenvalue weighted by atomic mass is 10.2. The Morgan fingerprint density at radius 2 is 2.00 bits per heavy atom. The number of halogens is 3. The summed E-state index contributed by atoms with van der Waals surface area (Å²) in [5.41, 5.74) is 0.571. The topological polar surface area (TPSA) is 12.0 Å². The molecule has 0 bridgehead atoms. The van der Waals surface area contributed by atoms with E-state index in [0.717, 1.165) is 11.8 Å². The molecule has 1 atom stereocenters. The molecule has 0 saturated carbocycles. The van der Waals surface area contributed by atoms with Crippen molar-refractivity contribution >= 4 is 17.4 Å². The van der Waals surface area contributed by atoms with Gasteiger partial charge in [0.15, 0.2) is 4.87 Å². The van der Waals surface area contributed by atoms with Gasteiger partial charge in [0, 0.05) is 10.6 Å². The van der Waals surface area contributed by atoms with Crippen molar-refractivity contribution in [3.8, 4) is 0 Å². The highest BCUT2D eigenvalue weighted by atomic mass is 32.2. The molecule has 1 N–H and O–H groups in total. The summed E-state index contributed by atoms with van der Waals surface area (Å²) >= 11 is 0.854. The molecule has 1 aromatic carbocycles. The van der Waals surface area contributed by atoms with Gasteiger partial charge in [-0.15, -0.1) is 0 Å². The summed E-state index contributed by atoms with van der Waals surface area (Å²) in [6.07, 6.45) is -4.23. The molecule has 1 unspecified atom stereocenters. The minimum Gasteiger partial charge on any atom is -0.362 e. The molecule has 0 radical (unpaired) electrons. The second-order valence-corrected chi connectivity index (χ2v) is 4.74. The quantitative estimate of drug-likeness (QED) is 0.790. The molecule has 1 aliphatic rings. The van der Waals surface area contributed by atoms with Crippen molar-refractivity contribution in [3.05, 3.63) is 24.3 Å². The van der Waals surface area contributed by atoms with Crippen molar-refractivity contribution < 1.29 is 13.2 Å². The second-order valence-electron chi connectivity index (χ2n) is 3.40. The van der Waals surface area contributed by atoms with Crippen molar-refractivity contribution in [2.75, 3.05) is 5.32 Å². The first-order valence-corrected chi connectivity index (χ1v) is 5.43. The molecule has 1 aromatic rings. The normalized spacial score (nSPS) is 24.8. The van der Waals surface area contributed by atoms with Gasteiger partial charge in [-0.25, -0.2) is 0 Å². The molecule has 2 rings (SSSR count). The van der Waals surface area contributed by atoms with Crippen molar-refractivity contribution in [2.45, 2.75) is 29.3 Å². The monoisotopic (exact) mass is 233 g/mol. The zero-order valence-corrected chi connectivity index (χ0v) is 8.88. The molecule has 1 aliphatic heterocycles. The van der Waals surface area contributed by atoms with Gasteiger partial charge in [-0.3, -0.25) is 0 Å². The lowest BCUT2D eigenvalue weighted by Gasteiger charge is -2.30. The summed E-state index contributed by atoms with van der Waals surface area (Å²) in [6, 6.07) is 6.85. The van der Waals surface area contributed by atoms with Gasteiger partial charge < -0.3 is 5.32 Å². The molecular weight excluding hydrogens is 223 g/mol. The van der Waals surface area contributed by atoms with Crippen molar-refractivity contribution in [1.82, 2.24) is 0 Å². The van der Waals surface area contributed by atoms with Gasteiger partial charge in [-0.1, -0.05) is 30.8 Å². The largest absolute Gasteiger partial charge is 0.421 e. The van der Waals surface area contributed by atoms with Crippen LogP contribution in [0.1, 0.15) is 13.3 Å². The van der Waals surface area contributed by atoms with Crippen LogP contribution in [0, 0.1) is 0 Å². The Balaban J connectivity index is 2.38. The van der Waals surface area contributed by atoms with E-state index in [4.69, 9.17) is 0 Å². The summed E-state index contributed by atoms with van der Waals surface area (Å²) in [5.74, 6) is 0. The fourth-order valence-corrected chi connectivity index (χ4v) is 2.75. The Bertz CT molecular complexity index is 350. The van der Waals surface area contributed by atoms with E-state index in [1.54, 1.807) is 31.2 Å². The van der Waals surface area contributed by atoms with Gasteiger partial charge in [0.1, 0.15) is 0 Å². The summed E-state index contributed by atoms with van der Waals surface area (Å²) in [5, 5.41) is 2.58. The maximum Gasteiger partial charge on any atom is 0.421 e. The van der Waals surface area contributed by atoms with E-state index in [-0.39, 0.29) is 6.42 Å². The Labute approximate surface area is 90.1 Å². The number of hydrogen-bond acceptors (Lipinski definition) is 2. The highest BCUT2D eigenvalue weighted by Gasteiger charge is 2.57. The molecule has 1 heterocycles. The van der Waals surface area contributed by atoms with Crippen LogP contribution in [0.5, 0.6) is 0 Å². The number of para-hydroxylation sites is 1. The number of rotatable bonds is 1. The first-order valence-electron chi connectivity index (χ1n) is 4.61. The summed E-state index contributed by atoms with van der Waals surface area (Å²) < 4.78 is 38.7. The molecule has 15 heavy (non-hydrogen) atoms. The van der Waals surface area contributed by atoms with Crippen molar-refractivity contribution in [3.63, 3.8) is 0 Å². The molecule has 0 aliphatic carbocycles. The highest BCUT2D eigenvalue weighted by molar-refractivity contribution is 8.01. The number of benzene rings is 1. The molecule has 0 aromatic heterocycles. The molecule has 1 nitrogen and oxygen atoms in total. The number of fused-ring (bicyclic) bond motifs is 1. The minimum atomic E-state index is -4.24. The fraction of sp³-hybridized carbons (Fsp3) is 0.400. The lowest BCUT2D eigenvalue weighted by molar-refractivity contribution is -0.152. The zero-order chi connectivity index (χ0) is 11.1. The predicted molar refractivity (Wildman–Crippen MR) is 55.0 cm³/mol. The van der Waals surface area contributed by atoms with Crippen LogP contribution >= 0.6 is 11.8 Å². The highest BCUT2D eigenvalue weighted by Crippen LogP contribution is 2.54. The summed E-state index contributed by atoms with van der Waals surface area (Å²) in [7, 11) is 0. The first-order chi connectivity index (χ1) is 6.98. The average Bonchev–Trinajstić information content (AvgIpc) is 2.56. The molecule has 0 fully saturated rings. The number of hydrogen-bond donors (Lipinski definition) is 1. The third-order valence-corrected chi connectivity index (χ3v) is 4.01. The van der Waals surface area contributed by atoms with Crippen molar-refractivity contribution in [1.29, 1.82) is 0 Å². The standard InChI is InChI=1S/C10H10F3NS/c1-2-9(10(11,12)13)14-7-5-3-4-6-8(7)15-9/h3-6,14H,2H2,1H3. The van der Waals surface area contributed by atoms with Crippen LogP contribution in [0.3, 0.4) is 0 Å². The summed E-state index contributed by atoms with van der Waals surface area (Å²) in [4.78, 5) is -1.19. The molecule has 0 amide bonds. The van der Waals surface area contributed by atoms with Crippen LogP contribution < -0.4 is 5.32 Å². The third-order valence-electron chi connectivity index (χ3n) is 2.46. The molecule has 0 saturated heterocycles. The number of alkyl halides is 3. The van der Waals surface area contributed by atoms with Crippen molar-refractivity contribution in [2.24, 2.45) is 0 Å². The third kappa shape index (κ3) is 1.58. The predicted octanol–water partition coefficient (Wildman–Crippen LogP) is 3.87.